The summed E-state index contributed by atoms with van der Waals surface area (Å²) >= 11 is 3.45. The molecule has 1 unspecified atom stereocenters. The summed E-state index contributed by atoms with van der Waals surface area (Å²) in [5.74, 6) is 0.891. The summed E-state index contributed by atoms with van der Waals surface area (Å²) in [6.45, 7) is 3.30. The highest BCUT2D eigenvalue weighted by atomic mass is 79.9. The summed E-state index contributed by atoms with van der Waals surface area (Å²) in [5.41, 5.74) is 0.878. The lowest BCUT2D eigenvalue weighted by Crippen LogP contribution is -2.38. The van der Waals surface area contributed by atoms with E-state index in [0.29, 0.717) is 13.1 Å². The number of fused-ring (bicyclic) bond motifs is 1. The van der Waals surface area contributed by atoms with E-state index in [-0.39, 0.29) is 12.1 Å². The molecule has 1 aromatic carbocycles. The fourth-order valence-electron chi connectivity index (χ4n) is 1.96. The highest BCUT2D eigenvalue weighted by molar-refractivity contribution is 9.10. The number of halogens is 1. The number of carbonyl (C=O) groups excluding carboxylic acids is 1. The van der Waals surface area contributed by atoms with Crippen LogP contribution in [-0.4, -0.2) is 38.1 Å². The molecule has 2 N–H and O–H groups in total. The van der Waals surface area contributed by atoms with E-state index in [4.69, 9.17) is 4.42 Å². The second kappa shape index (κ2) is 6.95. The van der Waals surface area contributed by atoms with Gasteiger partial charge in [0.15, 0.2) is 0 Å². The average Bonchev–Trinajstić information content (AvgIpc) is 2.85. The minimum absolute atomic E-state index is 0.0851. The summed E-state index contributed by atoms with van der Waals surface area (Å²) in [5, 5.41) is 7.22. The summed E-state index contributed by atoms with van der Waals surface area (Å²) in [4.78, 5) is 12.9. The lowest BCUT2D eigenvalue weighted by atomic mass is 10.2. The standard InChI is InChI=1S/C15H20BrN3O2/c1-10(17-6-7-18-15(20)19(2)3)14-9-11-8-12(16)4-5-13(11)21-14/h4-5,8-10,17H,6-7H2,1-3H3,(H,18,20). The molecule has 1 aromatic heterocycles. The predicted octanol–water partition coefficient (Wildman–Crippen LogP) is 3.12. The zero-order valence-corrected chi connectivity index (χ0v) is 14.0. The number of furan rings is 1. The zero-order valence-electron chi connectivity index (χ0n) is 12.4. The Hall–Kier alpha value is -1.53. The second-order valence-electron chi connectivity index (χ2n) is 5.13. The number of benzene rings is 1. The largest absolute Gasteiger partial charge is 0.459 e. The third-order valence-electron chi connectivity index (χ3n) is 3.18. The van der Waals surface area contributed by atoms with Crippen molar-refractivity contribution in [3.63, 3.8) is 0 Å². The van der Waals surface area contributed by atoms with E-state index < -0.39 is 0 Å². The molecule has 5 nitrogen and oxygen atoms in total. The van der Waals surface area contributed by atoms with Crippen molar-refractivity contribution >= 4 is 32.9 Å². The Morgan fingerprint density at radius 1 is 1.33 bits per heavy atom. The molecule has 0 bridgehead atoms. The Bertz CT molecular complexity index is 624. The first-order chi connectivity index (χ1) is 9.97. The number of urea groups is 1. The minimum atomic E-state index is -0.0851. The number of nitrogens with zero attached hydrogens (tertiary/aromatic N) is 1. The SMILES string of the molecule is CC(NCCNC(=O)N(C)C)c1cc2cc(Br)ccc2o1. The summed E-state index contributed by atoms with van der Waals surface area (Å²) < 4.78 is 6.86. The molecule has 0 saturated heterocycles. The van der Waals surface area contributed by atoms with E-state index in [1.807, 2.05) is 31.2 Å². The number of nitrogens with one attached hydrogen (secondary N) is 2. The van der Waals surface area contributed by atoms with Crippen LogP contribution in [0.2, 0.25) is 0 Å². The van der Waals surface area contributed by atoms with Gasteiger partial charge in [-0.25, -0.2) is 4.79 Å². The van der Waals surface area contributed by atoms with Gasteiger partial charge in [0.05, 0.1) is 6.04 Å². The summed E-state index contributed by atoms with van der Waals surface area (Å²) in [6.07, 6.45) is 0. The maximum absolute atomic E-state index is 11.4. The molecule has 2 amide bonds. The first-order valence-corrected chi connectivity index (χ1v) is 7.64. The smallest absolute Gasteiger partial charge is 0.316 e. The van der Waals surface area contributed by atoms with E-state index in [1.54, 1.807) is 14.1 Å². The van der Waals surface area contributed by atoms with Gasteiger partial charge in [-0.05, 0) is 31.2 Å². The lowest BCUT2D eigenvalue weighted by molar-refractivity contribution is 0.217. The second-order valence-corrected chi connectivity index (χ2v) is 6.05. The Morgan fingerprint density at radius 2 is 2.10 bits per heavy atom. The molecule has 0 saturated carbocycles. The lowest BCUT2D eigenvalue weighted by Gasteiger charge is -2.14. The van der Waals surface area contributed by atoms with Crippen LogP contribution in [0.3, 0.4) is 0 Å². The van der Waals surface area contributed by atoms with Crippen LogP contribution >= 0.6 is 15.9 Å². The molecule has 2 aromatic rings. The van der Waals surface area contributed by atoms with Crippen molar-refractivity contribution in [3.8, 4) is 0 Å². The molecule has 0 spiro atoms. The van der Waals surface area contributed by atoms with Crippen molar-refractivity contribution in [2.24, 2.45) is 0 Å². The molecule has 6 heteroatoms. The highest BCUT2D eigenvalue weighted by Crippen LogP contribution is 2.26. The molecule has 0 fully saturated rings. The van der Waals surface area contributed by atoms with Crippen molar-refractivity contribution in [2.45, 2.75) is 13.0 Å². The molecule has 1 atom stereocenters. The molecular formula is C15H20BrN3O2. The normalized spacial score (nSPS) is 12.4. The number of hydrogen-bond acceptors (Lipinski definition) is 3. The van der Waals surface area contributed by atoms with E-state index in [9.17, 15) is 4.79 Å². The molecule has 2 rings (SSSR count). The summed E-state index contributed by atoms with van der Waals surface area (Å²) in [6, 6.07) is 7.99. The number of rotatable bonds is 5. The summed E-state index contributed by atoms with van der Waals surface area (Å²) in [7, 11) is 3.44. The molecule has 21 heavy (non-hydrogen) atoms. The van der Waals surface area contributed by atoms with Gasteiger partial charge >= 0.3 is 6.03 Å². The molecule has 1 heterocycles. The molecule has 0 aliphatic heterocycles. The van der Waals surface area contributed by atoms with Crippen LogP contribution in [0.1, 0.15) is 18.7 Å². The third kappa shape index (κ3) is 4.22. The van der Waals surface area contributed by atoms with Crippen molar-refractivity contribution in [1.29, 1.82) is 0 Å². The van der Waals surface area contributed by atoms with Crippen LogP contribution in [-0.2, 0) is 0 Å². The van der Waals surface area contributed by atoms with Gasteiger partial charge in [-0.2, -0.15) is 0 Å². The van der Waals surface area contributed by atoms with Crippen LogP contribution < -0.4 is 10.6 Å². The molecule has 0 aliphatic rings. The van der Waals surface area contributed by atoms with Gasteiger partial charge in [0.1, 0.15) is 11.3 Å². The first kappa shape index (κ1) is 15.9. The topological polar surface area (TPSA) is 57.5 Å². The number of amides is 2. The quantitative estimate of drug-likeness (QED) is 0.812. The Kier molecular flexibility index (Phi) is 5.25. The highest BCUT2D eigenvalue weighted by Gasteiger charge is 2.11. The van der Waals surface area contributed by atoms with E-state index in [0.717, 1.165) is 21.2 Å². The van der Waals surface area contributed by atoms with Crippen molar-refractivity contribution in [3.05, 3.63) is 34.5 Å². The van der Waals surface area contributed by atoms with Gasteiger partial charge in [-0.1, -0.05) is 15.9 Å². The Labute approximate surface area is 132 Å². The molecule has 0 aliphatic carbocycles. The van der Waals surface area contributed by atoms with Crippen molar-refractivity contribution < 1.29 is 9.21 Å². The third-order valence-corrected chi connectivity index (χ3v) is 3.68. The van der Waals surface area contributed by atoms with Crippen molar-refractivity contribution in [1.82, 2.24) is 15.5 Å². The Morgan fingerprint density at radius 3 is 2.81 bits per heavy atom. The fourth-order valence-corrected chi connectivity index (χ4v) is 2.34. The predicted molar refractivity (Wildman–Crippen MR) is 87.4 cm³/mol. The van der Waals surface area contributed by atoms with E-state index in [2.05, 4.69) is 26.6 Å². The van der Waals surface area contributed by atoms with Gasteiger partial charge in [0.2, 0.25) is 0 Å². The average molecular weight is 354 g/mol. The van der Waals surface area contributed by atoms with Crippen molar-refractivity contribution in [2.75, 3.05) is 27.2 Å². The first-order valence-electron chi connectivity index (χ1n) is 6.85. The van der Waals surface area contributed by atoms with Gasteiger partial charge in [0.25, 0.3) is 0 Å². The number of hydrogen-bond donors (Lipinski definition) is 2. The molecular weight excluding hydrogens is 334 g/mol. The van der Waals surface area contributed by atoms with Crippen LogP contribution in [0.5, 0.6) is 0 Å². The number of carbonyl (C=O) groups is 1. The Balaban J connectivity index is 1.87. The van der Waals surface area contributed by atoms with E-state index in [1.165, 1.54) is 4.90 Å². The maximum Gasteiger partial charge on any atom is 0.316 e. The fraction of sp³-hybridized carbons (Fsp3) is 0.400. The maximum atomic E-state index is 11.4. The van der Waals surface area contributed by atoms with Crippen LogP contribution in [0.15, 0.2) is 33.2 Å². The van der Waals surface area contributed by atoms with Crippen LogP contribution in [0.25, 0.3) is 11.0 Å². The van der Waals surface area contributed by atoms with Gasteiger partial charge < -0.3 is 20.0 Å². The zero-order chi connectivity index (χ0) is 15.4. The monoisotopic (exact) mass is 353 g/mol. The molecule has 0 radical (unpaired) electrons. The van der Waals surface area contributed by atoms with Gasteiger partial charge in [-0.3, -0.25) is 0 Å². The van der Waals surface area contributed by atoms with E-state index >= 15 is 0 Å². The van der Waals surface area contributed by atoms with Crippen LogP contribution in [0, 0.1) is 0 Å². The minimum Gasteiger partial charge on any atom is -0.459 e. The van der Waals surface area contributed by atoms with Crippen LogP contribution in [0.4, 0.5) is 4.79 Å². The molecule has 114 valence electrons. The van der Waals surface area contributed by atoms with Gasteiger partial charge in [0, 0.05) is 37.0 Å². The van der Waals surface area contributed by atoms with Gasteiger partial charge in [-0.15, -0.1) is 0 Å².